The lowest BCUT2D eigenvalue weighted by Crippen LogP contribution is -2.13. The van der Waals surface area contributed by atoms with Crippen LogP contribution in [0.25, 0.3) is 0 Å². The highest BCUT2D eigenvalue weighted by molar-refractivity contribution is 7.90. The molecule has 0 bridgehead atoms. The van der Waals surface area contributed by atoms with Crippen LogP contribution in [0.1, 0.15) is 11.1 Å². The highest BCUT2D eigenvalue weighted by Crippen LogP contribution is 2.33. The molecule has 0 amide bonds. The maximum Gasteiger partial charge on any atom is 0.416 e. The summed E-state index contributed by atoms with van der Waals surface area (Å²) in [6.07, 6.45) is -2.25. The van der Waals surface area contributed by atoms with Crippen molar-refractivity contribution in [2.75, 3.05) is 11.6 Å². The number of nitrogens with one attached hydrogen (secondary N) is 1. The van der Waals surface area contributed by atoms with Crippen LogP contribution in [0.2, 0.25) is 0 Å². The lowest BCUT2D eigenvalue weighted by molar-refractivity contribution is -0.138. The van der Waals surface area contributed by atoms with Crippen LogP contribution in [-0.4, -0.2) is 19.7 Å². The highest BCUT2D eigenvalue weighted by atomic mass is 32.2. The zero-order valence-electron chi connectivity index (χ0n) is 11.6. The topological polar surface area (TPSA) is 59.1 Å². The van der Waals surface area contributed by atoms with Crippen LogP contribution >= 0.6 is 0 Å². The highest BCUT2D eigenvalue weighted by Gasteiger charge is 2.34. The maximum atomic E-state index is 13.1. The number of alkyl halides is 3. The molecule has 2 rings (SSSR count). The van der Waals surface area contributed by atoms with E-state index in [2.05, 4.69) is 10.3 Å². The van der Waals surface area contributed by atoms with Gasteiger partial charge in [0.05, 0.1) is 10.5 Å². The quantitative estimate of drug-likeness (QED) is 0.936. The van der Waals surface area contributed by atoms with Crippen molar-refractivity contribution in [2.45, 2.75) is 17.6 Å². The number of nitrogens with zero attached hydrogens (tertiary/aromatic N) is 1. The monoisotopic (exact) mass is 330 g/mol. The van der Waals surface area contributed by atoms with E-state index in [1.165, 1.54) is 12.3 Å². The van der Waals surface area contributed by atoms with Gasteiger partial charge < -0.3 is 5.32 Å². The Morgan fingerprint density at radius 2 is 1.91 bits per heavy atom. The zero-order valence-corrected chi connectivity index (χ0v) is 12.4. The van der Waals surface area contributed by atoms with Crippen molar-refractivity contribution in [3.8, 4) is 0 Å². The molecule has 118 valence electrons. The summed E-state index contributed by atoms with van der Waals surface area (Å²) < 4.78 is 62.1. The number of sulfone groups is 1. The Kier molecular flexibility index (Phi) is 4.41. The van der Waals surface area contributed by atoms with E-state index in [0.29, 0.717) is 11.9 Å². The minimum atomic E-state index is -4.64. The first-order valence-electron chi connectivity index (χ1n) is 6.23. The molecule has 0 fully saturated rings. The minimum Gasteiger partial charge on any atom is -0.366 e. The molecule has 1 aromatic carbocycles. The predicted octanol–water partition coefficient (Wildman–Crippen LogP) is 3.12. The van der Waals surface area contributed by atoms with E-state index in [9.17, 15) is 21.6 Å². The van der Waals surface area contributed by atoms with Gasteiger partial charge in [0, 0.05) is 19.0 Å². The standard InChI is InChI=1S/C14H13F3N2O2S/c1-22(20,21)11-6-5-10(12(8-11)14(15,16)17)9-19-13-4-2-3-7-18-13/h2-8H,9H2,1H3,(H,18,19). The van der Waals surface area contributed by atoms with Crippen LogP contribution in [-0.2, 0) is 22.6 Å². The summed E-state index contributed by atoms with van der Waals surface area (Å²) in [5.74, 6) is 0.433. The molecule has 0 aliphatic carbocycles. The second-order valence-electron chi connectivity index (χ2n) is 4.66. The second-order valence-corrected chi connectivity index (χ2v) is 6.67. The van der Waals surface area contributed by atoms with Crippen molar-refractivity contribution in [3.63, 3.8) is 0 Å². The van der Waals surface area contributed by atoms with E-state index >= 15 is 0 Å². The molecule has 4 nitrogen and oxygen atoms in total. The van der Waals surface area contributed by atoms with Crippen LogP contribution in [0.15, 0.2) is 47.5 Å². The van der Waals surface area contributed by atoms with Crippen molar-refractivity contribution in [1.82, 2.24) is 4.98 Å². The minimum absolute atomic E-state index is 0.0504. The number of halogens is 3. The lowest BCUT2D eigenvalue weighted by atomic mass is 10.1. The van der Waals surface area contributed by atoms with Gasteiger partial charge in [-0.2, -0.15) is 13.2 Å². The number of pyridine rings is 1. The first-order chi connectivity index (χ1) is 10.2. The third-order valence-corrected chi connectivity index (χ3v) is 4.05. The molecular weight excluding hydrogens is 317 g/mol. The molecule has 0 spiro atoms. The van der Waals surface area contributed by atoms with Gasteiger partial charge in [-0.25, -0.2) is 13.4 Å². The van der Waals surface area contributed by atoms with Gasteiger partial charge in [-0.3, -0.25) is 0 Å². The Morgan fingerprint density at radius 3 is 2.45 bits per heavy atom. The van der Waals surface area contributed by atoms with Gasteiger partial charge in [0.2, 0.25) is 0 Å². The summed E-state index contributed by atoms with van der Waals surface area (Å²) in [7, 11) is -3.70. The summed E-state index contributed by atoms with van der Waals surface area (Å²) >= 11 is 0. The fourth-order valence-corrected chi connectivity index (χ4v) is 2.50. The van der Waals surface area contributed by atoms with Gasteiger partial charge >= 0.3 is 6.18 Å². The fraction of sp³-hybridized carbons (Fsp3) is 0.214. The molecule has 2 aromatic rings. The Labute approximate surface area is 125 Å². The Morgan fingerprint density at radius 1 is 1.18 bits per heavy atom. The predicted molar refractivity (Wildman–Crippen MR) is 76.1 cm³/mol. The average molecular weight is 330 g/mol. The molecule has 1 aromatic heterocycles. The van der Waals surface area contributed by atoms with Crippen molar-refractivity contribution in [3.05, 3.63) is 53.7 Å². The third-order valence-electron chi connectivity index (χ3n) is 2.94. The van der Waals surface area contributed by atoms with E-state index in [1.807, 2.05) is 0 Å². The average Bonchev–Trinajstić information content (AvgIpc) is 2.44. The molecule has 8 heteroatoms. The van der Waals surface area contributed by atoms with Crippen molar-refractivity contribution in [1.29, 1.82) is 0 Å². The molecule has 0 saturated carbocycles. The molecule has 0 aliphatic heterocycles. The largest absolute Gasteiger partial charge is 0.416 e. The smallest absolute Gasteiger partial charge is 0.366 e. The SMILES string of the molecule is CS(=O)(=O)c1ccc(CNc2ccccn2)c(C(F)(F)F)c1. The van der Waals surface area contributed by atoms with Crippen LogP contribution in [0.5, 0.6) is 0 Å². The second kappa shape index (κ2) is 5.96. The van der Waals surface area contributed by atoms with Gasteiger partial charge in [-0.1, -0.05) is 12.1 Å². The van der Waals surface area contributed by atoms with Gasteiger partial charge in [0.1, 0.15) is 5.82 Å². The van der Waals surface area contributed by atoms with Gasteiger partial charge in [-0.15, -0.1) is 0 Å². The summed E-state index contributed by atoms with van der Waals surface area (Å²) in [4.78, 5) is 3.59. The third kappa shape index (κ3) is 3.97. The van der Waals surface area contributed by atoms with Gasteiger partial charge in [-0.05, 0) is 29.8 Å². The Hall–Kier alpha value is -2.09. The molecule has 1 N–H and O–H groups in total. The van der Waals surface area contributed by atoms with Gasteiger partial charge in [0.25, 0.3) is 0 Å². The first-order valence-corrected chi connectivity index (χ1v) is 8.12. The molecule has 0 atom stereocenters. The Bertz CT molecular complexity index is 759. The van der Waals surface area contributed by atoms with E-state index in [0.717, 1.165) is 12.3 Å². The number of aromatic nitrogens is 1. The number of rotatable bonds is 4. The number of hydrogen-bond acceptors (Lipinski definition) is 4. The Balaban J connectivity index is 2.35. The lowest BCUT2D eigenvalue weighted by Gasteiger charge is -2.15. The molecule has 22 heavy (non-hydrogen) atoms. The van der Waals surface area contributed by atoms with Crippen molar-refractivity contribution < 1.29 is 21.6 Å². The van der Waals surface area contributed by atoms with E-state index in [-0.39, 0.29) is 17.0 Å². The summed E-state index contributed by atoms with van der Waals surface area (Å²) in [6, 6.07) is 8.00. The fourth-order valence-electron chi connectivity index (χ4n) is 1.86. The van der Waals surface area contributed by atoms with Crippen molar-refractivity contribution >= 4 is 15.7 Å². The van der Waals surface area contributed by atoms with Crippen LogP contribution < -0.4 is 5.32 Å². The normalized spacial score (nSPS) is 12.2. The summed E-state index contributed by atoms with van der Waals surface area (Å²) in [6.45, 7) is -0.115. The first kappa shape index (κ1) is 16.3. The molecule has 0 saturated heterocycles. The van der Waals surface area contributed by atoms with E-state index in [1.54, 1.807) is 18.2 Å². The van der Waals surface area contributed by atoms with Crippen molar-refractivity contribution in [2.24, 2.45) is 0 Å². The van der Waals surface area contributed by atoms with Crippen LogP contribution in [0, 0.1) is 0 Å². The molecule has 0 aliphatic rings. The molecule has 0 radical (unpaired) electrons. The van der Waals surface area contributed by atoms with Crippen LogP contribution in [0.3, 0.4) is 0 Å². The molecule has 1 heterocycles. The van der Waals surface area contributed by atoms with E-state index < -0.39 is 21.6 Å². The van der Waals surface area contributed by atoms with Crippen LogP contribution in [0.4, 0.5) is 19.0 Å². The summed E-state index contributed by atoms with van der Waals surface area (Å²) in [5, 5.41) is 2.77. The summed E-state index contributed by atoms with van der Waals surface area (Å²) in [5.41, 5.74) is -1.02. The zero-order chi connectivity index (χ0) is 16.4. The molecule has 0 unspecified atom stereocenters. The van der Waals surface area contributed by atoms with Gasteiger partial charge in [0.15, 0.2) is 9.84 Å². The maximum absolute atomic E-state index is 13.1. The number of hydrogen-bond donors (Lipinski definition) is 1. The number of anilines is 1. The number of benzene rings is 1. The molecular formula is C14H13F3N2O2S. The van der Waals surface area contributed by atoms with E-state index in [4.69, 9.17) is 0 Å².